The van der Waals surface area contributed by atoms with Gasteiger partial charge in [-0.25, -0.2) is 8.42 Å². The number of thiocarbonyl (C=S) groups is 1. The van der Waals surface area contributed by atoms with Gasteiger partial charge in [0.1, 0.15) is 4.99 Å². The molecule has 1 fully saturated rings. The van der Waals surface area contributed by atoms with Crippen molar-refractivity contribution in [2.45, 2.75) is 12.5 Å². The first-order valence-corrected chi connectivity index (χ1v) is 8.46. The zero-order valence-electron chi connectivity index (χ0n) is 9.52. The predicted molar refractivity (Wildman–Crippen MR) is 80.7 cm³/mol. The third kappa shape index (κ3) is 3.21. The van der Waals surface area contributed by atoms with E-state index in [1.165, 1.54) is 0 Å². The fraction of sp³-hybridized carbons (Fsp3) is 0.364. The van der Waals surface area contributed by atoms with Crippen molar-refractivity contribution in [3.8, 4) is 0 Å². The Bertz CT molecular complexity index is 587. The van der Waals surface area contributed by atoms with Crippen molar-refractivity contribution in [1.82, 2.24) is 0 Å². The quantitative estimate of drug-likeness (QED) is 0.813. The largest absolute Gasteiger partial charge is 0.389 e. The summed E-state index contributed by atoms with van der Waals surface area (Å²) >= 11 is 8.35. The summed E-state index contributed by atoms with van der Waals surface area (Å²) in [5.41, 5.74) is 7.17. The number of nitrogens with one attached hydrogen (secondary N) is 1. The molecule has 1 atom stereocenters. The second-order valence-electron chi connectivity index (χ2n) is 4.30. The average Bonchev–Trinajstić information content (AvgIpc) is 2.60. The number of rotatable bonds is 3. The molecule has 1 aliphatic heterocycles. The molecule has 1 aromatic rings. The summed E-state index contributed by atoms with van der Waals surface area (Å²) in [6, 6.07) is 5.48. The highest BCUT2D eigenvalue weighted by atomic mass is 79.9. The molecule has 0 spiro atoms. The normalized spacial score (nSPS) is 21.7. The van der Waals surface area contributed by atoms with Gasteiger partial charge in [0.15, 0.2) is 9.84 Å². The zero-order chi connectivity index (χ0) is 13.3. The molecule has 0 saturated carbocycles. The van der Waals surface area contributed by atoms with Crippen molar-refractivity contribution in [2.24, 2.45) is 5.73 Å². The first-order chi connectivity index (χ1) is 8.37. The molecule has 0 aromatic heterocycles. The lowest BCUT2D eigenvalue weighted by atomic mass is 10.1. The maximum absolute atomic E-state index is 11.4. The van der Waals surface area contributed by atoms with Gasteiger partial charge >= 0.3 is 0 Å². The van der Waals surface area contributed by atoms with Crippen LogP contribution in [0.4, 0.5) is 5.69 Å². The van der Waals surface area contributed by atoms with Crippen LogP contribution in [0.3, 0.4) is 0 Å². The Hall–Kier alpha value is -0.660. The van der Waals surface area contributed by atoms with Gasteiger partial charge in [0, 0.05) is 21.8 Å². The van der Waals surface area contributed by atoms with E-state index in [1.54, 1.807) is 0 Å². The molecule has 0 aliphatic carbocycles. The lowest BCUT2D eigenvalue weighted by molar-refractivity contribution is 0.602. The number of hydrogen-bond acceptors (Lipinski definition) is 4. The summed E-state index contributed by atoms with van der Waals surface area (Å²) in [7, 11) is -2.89. The molecule has 18 heavy (non-hydrogen) atoms. The van der Waals surface area contributed by atoms with Crippen LogP contribution < -0.4 is 11.1 Å². The number of sulfone groups is 1. The van der Waals surface area contributed by atoms with Crippen LogP contribution in [0.15, 0.2) is 22.7 Å². The summed E-state index contributed by atoms with van der Waals surface area (Å²) in [4.78, 5) is 0.291. The number of anilines is 1. The monoisotopic (exact) mass is 348 g/mol. The van der Waals surface area contributed by atoms with Crippen LogP contribution in [0.1, 0.15) is 12.0 Å². The molecule has 1 aliphatic rings. The van der Waals surface area contributed by atoms with E-state index < -0.39 is 9.84 Å². The maximum atomic E-state index is 11.4. The molecule has 2 rings (SSSR count). The second-order valence-corrected chi connectivity index (χ2v) is 7.88. The smallest absolute Gasteiger partial charge is 0.152 e. The Morgan fingerprint density at radius 1 is 1.50 bits per heavy atom. The lowest BCUT2D eigenvalue weighted by Gasteiger charge is -2.16. The minimum atomic E-state index is -2.89. The van der Waals surface area contributed by atoms with Crippen LogP contribution in [0, 0.1) is 0 Å². The minimum Gasteiger partial charge on any atom is -0.389 e. The third-order valence-corrected chi connectivity index (χ3v) is 5.32. The first kappa shape index (κ1) is 13.8. The molecule has 0 radical (unpaired) electrons. The van der Waals surface area contributed by atoms with Crippen molar-refractivity contribution < 1.29 is 8.42 Å². The molecule has 1 saturated heterocycles. The number of halogens is 1. The van der Waals surface area contributed by atoms with Crippen molar-refractivity contribution in [3.05, 3.63) is 28.2 Å². The first-order valence-electron chi connectivity index (χ1n) is 5.44. The van der Waals surface area contributed by atoms with E-state index in [0.29, 0.717) is 11.4 Å². The second kappa shape index (κ2) is 5.14. The molecule has 3 N–H and O–H groups in total. The van der Waals surface area contributed by atoms with Gasteiger partial charge in [-0.2, -0.15) is 0 Å². The fourth-order valence-electron chi connectivity index (χ4n) is 1.97. The van der Waals surface area contributed by atoms with Gasteiger partial charge in [0.25, 0.3) is 0 Å². The SMILES string of the molecule is NC(=S)c1cc(Br)ccc1NC1CCS(=O)(=O)C1. The van der Waals surface area contributed by atoms with E-state index in [0.717, 1.165) is 15.7 Å². The Morgan fingerprint density at radius 2 is 2.22 bits per heavy atom. The summed E-state index contributed by atoms with van der Waals surface area (Å²) in [6.45, 7) is 0. The highest BCUT2D eigenvalue weighted by Crippen LogP contribution is 2.24. The van der Waals surface area contributed by atoms with Crippen LogP contribution >= 0.6 is 28.1 Å². The Kier molecular flexibility index (Phi) is 3.93. The number of nitrogens with two attached hydrogens (primary N) is 1. The van der Waals surface area contributed by atoms with E-state index in [2.05, 4.69) is 21.2 Å². The van der Waals surface area contributed by atoms with Crippen LogP contribution in [-0.4, -0.2) is 31.0 Å². The van der Waals surface area contributed by atoms with Gasteiger partial charge in [-0.05, 0) is 24.6 Å². The Labute approximate surface area is 120 Å². The highest BCUT2D eigenvalue weighted by molar-refractivity contribution is 9.10. The van der Waals surface area contributed by atoms with Gasteiger partial charge in [-0.3, -0.25) is 0 Å². The molecular formula is C11H13BrN2O2S2. The molecule has 0 amide bonds. The highest BCUT2D eigenvalue weighted by Gasteiger charge is 2.28. The molecule has 1 heterocycles. The minimum absolute atomic E-state index is 0.0655. The van der Waals surface area contributed by atoms with Gasteiger partial charge in [0.2, 0.25) is 0 Å². The van der Waals surface area contributed by atoms with Crippen LogP contribution in [0.5, 0.6) is 0 Å². The van der Waals surface area contributed by atoms with Crippen molar-refractivity contribution in [2.75, 3.05) is 16.8 Å². The van der Waals surface area contributed by atoms with Crippen LogP contribution in [-0.2, 0) is 9.84 Å². The molecule has 1 unspecified atom stereocenters. The molecule has 4 nitrogen and oxygen atoms in total. The topological polar surface area (TPSA) is 72.2 Å². The average molecular weight is 349 g/mol. The standard InChI is InChI=1S/C11H13BrN2O2S2/c12-7-1-2-10(9(5-7)11(13)17)14-8-3-4-18(15,16)6-8/h1-2,5,8,14H,3-4,6H2,(H2,13,17). The number of hydrogen-bond donors (Lipinski definition) is 2. The van der Waals surface area contributed by atoms with E-state index >= 15 is 0 Å². The van der Waals surface area contributed by atoms with Crippen molar-refractivity contribution in [1.29, 1.82) is 0 Å². The van der Waals surface area contributed by atoms with Crippen molar-refractivity contribution in [3.63, 3.8) is 0 Å². The van der Waals surface area contributed by atoms with Crippen LogP contribution in [0.2, 0.25) is 0 Å². The van der Waals surface area contributed by atoms with E-state index in [4.69, 9.17) is 18.0 Å². The lowest BCUT2D eigenvalue weighted by Crippen LogP contribution is -2.23. The third-order valence-electron chi connectivity index (χ3n) is 2.84. The summed E-state index contributed by atoms with van der Waals surface area (Å²) in [5, 5.41) is 3.21. The van der Waals surface area contributed by atoms with Crippen LogP contribution in [0.25, 0.3) is 0 Å². The van der Waals surface area contributed by atoms with E-state index in [1.807, 2.05) is 18.2 Å². The van der Waals surface area contributed by atoms with Gasteiger partial charge in [-0.15, -0.1) is 0 Å². The predicted octanol–water partition coefficient (Wildman–Crippen LogP) is 1.68. The van der Waals surface area contributed by atoms with E-state index in [-0.39, 0.29) is 17.5 Å². The molecule has 7 heteroatoms. The van der Waals surface area contributed by atoms with E-state index in [9.17, 15) is 8.42 Å². The Balaban J connectivity index is 2.22. The summed E-state index contributed by atoms with van der Waals surface area (Å²) in [5.74, 6) is 0.406. The number of benzene rings is 1. The van der Waals surface area contributed by atoms with Crippen molar-refractivity contribution >= 4 is 48.7 Å². The molecule has 98 valence electrons. The maximum Gasteiger partial charge on any atom is 0.152 e. The molecule has 0 bridgehead atoms. The zero-order valence-corrected chi connectivity index (χ0v) is 12.7. The Morgan fingerprint density at radius 3 is 2.78 bits per heavy atom. The van der Waals surface area contributed by atoms with Gasteiger partial charge in [-0.1, -0.05) is 28.1 Å². The molecule has 1 aromatic carbocycles. The molecular weight excluding hydrogens is 336 g/mol. The summed E-state index contributed by atoms with van der Waals surface area (Å²) < 4.78 is 23.7. The fourth-order valence-corrected chi connectivity index (χ4v) is 4.18. The van der Waals surface area contributed by atoms with Gasteiger partial charge in [0.05, 0.1) is 11.5 Å². The summed E-state index contributed by atoms with van der Waals surface area (Å²) in [6.07, 6.45) is 0.620. The van der Waals surface area contributed by atoms with Gasteiger partial charge < -0.3 is 11.1 Å².